The van der Waals surface area contributed by atoms with Gasteiger partial charge >= 0.3 is 7.82 Å². The van der Waals surface area contributed by atoms with E-state index in [-0.39, 0.29) is 19.8 Å². The number of rotatable bonds is 19. The van der Waals surface area contributed by atoms with Gasteiger partial charge < -0.3 is 14.4 Å². The number of phosphoric ester groups is 1. The molecule has 7 heteroatoms. The molecule has 0 aliphatic carbocycles. The molecule has 6 nitrogen and oxygen atoms in total. The smallest absolute Gasteiger partial charge is 0.472 e. The summed E-state index contributed by atoms with van der Waals surface area (Å²) in [6.07, 6.45) is 10.6. The van der Waals surface area contributed by atoms with Gasteiger partial charge in [-0.15, -0.1) is 0 Å². The Kier molecular flexibility index (Phi) is 13.6. The van der Waals surface area contributed by atoms with E-state index in [9.17, 15) is 9.46 Å². The van der Waals surface area contributed by atoms with Gasteiger partial charge in [0.15, 0.2) is 0 Å². The van der Waals surface area contributed by atoms with E-state index in [0.717, 1.165) is 35.8 Å². The summed E-state index contributed by atoms with van der Waals surface area (Å²) < 4.78 is 33.1. The normalized spacial score (nSPS) is 13.3. The lowest BCUT2D eigenvalue weighted by molar-refractivity contribution is 0.0610. The summed E-state index contributed by atoms with van der Waals surface area (Å²) in [6, 6.07) is 14.0. The first kappa shape index (κ1) is 26.8. The maximum Gasteiger partial charge on any atom is 0.472 e. The van der Waals surface area contributed by atoms with Crippen molar-refractivity contribution in [2.75, 3.05) is 33.0 Å². The van der Waals surface area contributed by atoms with Gasteiger partial charge in [0, 0.05) is 5.39 Å². The molecule has 2 rings (SSSR count). The molecule has 32 heavy (non-hydrogen) atoms. The topological polar surface area (TPSA) is 74.2 Å². The number of hydrogen-bond acceptors (Lipinski definition) is 5. The highest BCUT2D eigenvalue weighted by molar-refractivity contribution is 7.47. The Bertz CT molecular complexity index is 792. The maximum absolute atomic E-state index is 11.9. The molecule has 0 aliphatic rings. The Morgan fingerprint density at radius 2 is 1.34 bits per heavy atom. The Hall–Kier alpha value is -1.43. The molecule has 0 radical (unpaired) electrons. The Morgan fingerprint density at radius 3 is 2.12 bits per heavy atom. The van der Waals surface area contributed by atoms with Gasteiger partial charge in [-0.1, -0.05) is 94.7 Å². The summed E-state index contributed by atoms with van der Waals surface area (Å²) in [5.74, 6) is 0.813. The molecule has 180 valence electrons. The number of ether oxygens (including phenoxy) is 2. The van der Waals surface area contributed by atoms with Crippen LogP contribution in [-0.2, 0) is 18.3 Å². The molecule has 0 spiro atoms. The Labute approximate surface area is 192 Å². The van der Waals surface area contributed by atoms with Gasteiger partial charge in [-0.25, -0.2) is 4.57 Å². The van der Waals surface area contributed by atoms with Crippen molar-refractivity contribution in [2.24, 2.45) is 0 Å². The molecule has 0 fully saturated rings. The van der Waals surface area contributed by atoms with Crippen LogP contribution in [0.1, 0.15) is 64.7 Å². The minimum Gasteiger partial charge on any atom is -0.491 e. The van der Waals surface area contributed by atoms with E-state index >= 15 is 0 Å². The quantitative estimate of drug-likeness (QED) is 0.179. The van der Waals surface area contributed by atoms with Crippen LogP contribution in [-0.4, -0.2) is 37.9 Å². The SMILES string of the molecule is CCCCCCCCCCCOP(=O)(O)OCCOCCOc1cccc2ccccc12. The zero-order valence-electron chi connectivity index (χ0n) is 19.4. The van der Waals surface area contributed by atoms with Gasteiger partial charge in [-0.05, 0) is 17.9 Å². The molecule has 0 bridgehead atoms. The van der Waals surface area contributed by atoms with Crippen molar-refractivity contribution < 1.29 is 28.0 Å². The minimum atomic E-state index is -4.01. The second-order valence-corrected chi connectivity index (χ2v) is 9.36. The summed E-state index contributed by atoms with van der Waals surface area (Å²) in [6.45, 7) is 3.41. The van der Waals surface area contributed by atoms with E-state index in [1.165, 1.54) is 38.5 Å². The largest absolute Gasteiger partial charge is 0.491 e. The van der Waals surface area contributed by atoms with Crippen molar-refractivity contribution in [2.45, 2.75) is 64.7 Å². The molecular formula is C25H39O6P. The van der Waals surface area contributed by atoms with Gasteiger partial charge in [-0.3, -0.25) is 9.05 Å². The van der Waals surface area contributed by atoms with Gasteiger partial charge in [-0.2, -0.15) is 0 Å². The lowest BCUT2D eigenvalue weighted by Crippen LogP contribution is -2.11. The van der Waals surface area contributed by atoms with Gasteiger partial charge in [0.25, 0.3) is 0 Å². The third kappa shape index (κ3) is 11.4. The standard InChI is InChI=1S/C25H39O6P/c1-2-3-4-5-6-7-8-9-12-18-30-32(26,27)31-22-20-28-19-21-29-25-17-13-15-23-14-10-11-16-24(23)25/h10-11,13-17H,2-9,12,18-22H2,1H3,(H,26,27). The third-order valence-electron chi connectivity index (χ3n) is 5.22. The van der Waals surface area contributed by atoms with Crippen LogP contribution in [0.5, 0.6) is 5.75 Å². The average molecular weight is 467 g/mol. The lowest BCUT2D eigenvalue weighted by Gasteiger charge is -2.13. The average Bonchev–Trinajstić information content (AvgIpc) is 2.79. The molecule has 2 aromatic rings. The highest BCUT2D eigenvalue weighted by atomic mass is 31.2. The Morgan fingerprint density at radius 1 is 0.719 bits per heavy atom. The van der Waals surface area contributed by atoms with E-state index in [4.69, 9.17) is 18.5 Å². The molecule has 0 heterocycles. The highest BCUT2D eigenvalue weighted by Crippen LogP contribution is 2.43. The van der Waals surface area contributed by atoms with Crippen LogP contribution < -0.4 is 4.74 Å². The van der Waals surface area contributed by atoms with Crippen molar-refractivity contribution in [3.63, 3.8) is 0 Å². The van der Waals surface area contributed by atoms with Crippen LogP contribution in [0.15, 0.2) is 42.5 Å². The second kappa shape index (κ2) is 16.2. The van der Waals surface area contributed by atoms with E-state index in [1.807, 2.05) is 42.5 Å². The molecule has 0 aromatic heterocycles. The number of fused-ring (bicyclic) bond motifs is 1. The van der Waals surface area contributed by atoms with Crippen LogP contribution in [0.4, 0.5) is 0 Å². The van der Waals surface area contributed by atoms with Gasteiger partial charge in [0.2, 0.25) is 0 Å². The fourth-order valence-corrected chi connectivity index (χ4v) is 4.22. The van der Waals surface area contributed by atoms with Crippen LogP contribution >= 0.6 is 7.82 Å². The highest BCUT2D eigenvalue weighted by Gasteiger charge is 2.20. The molecule has 0 saturated heterocycles. The first-order valence-corrected chi connectivity index (χ1v) is 13.4. The summed E-state index contributed by atoms with van der Waals surface area (Å²) in [7, 11) is -4.01. The summed E-state index contributed by atoms with van der Waals surface area (Å²) in [4.78, 5) is 9.72. The molecule has 0 aliphatic heterocycles. The molecule has 0 amide bonds. The summed E-state index contributed by atoms with van der Waals surface area (Å²) in [5, 5.41) is 2.18. The van der Waals surface area contributed by atoms with Crippen LogP contribution in [0, 0.1) is 0 Å². The van der Waals surface area contributed by atoms with E-state index < -0.39 is 7.82 Å². The molecule has 0 saturated carbocycles. The minimum absolute atomic E-state index is 0.000193. The number of hydrogen-bond donors (Lipinski definition) is 1. The lowest BCUT2D eigenvalue weighted by atomic mass is 10.1. The first-order valence-electron chi connectivity index (χ1n) is 11.9. The summed E-state index contributed by atoms with van der Waals surface area (Å²) in [5.41, 5.74) is 0. The molecule has 2 aromatic carbocycles. The van der Waals surface area contributed by atoms with Gasteiger partial charge in [0.05, 0.1) is 26.4 Å². The molecular weight excluding hydrogens is 427 g/mol. The van der Waals surface area contributed by atoms with E-state index in [2.05, 4.69) is 6.92 Å². The predicted molar refractivity (Wildman–Crippen MR) is 129 cm³/mol. The molecule has 1 unspecified atom stereocenters. The third-order valence-corrected chi connectivity index (χ3v) is 6.24. The van der Waals surface area contributed by atoms with Crippen LogP contribution in [0.25, 0.3) is 10.8 Å². The maximum atomic E-state index is 11.9. The second-order valence-electron chi connectivity index (χ2n) is 7.90. The fourth-order valence-electron chi connectivity index (χ4n) is 3.48. The predicted octanol–water partition coefficient (Wildman–Crippen LogP) is 6.90. The molecule has 1 N–H and O–H groups in total. The first-order chi connectivity index (χ1) is 15.6. The van der Waals surface area contributed by atoms with Crippen molar-refractivity contribution >= 4 is 18.6 Å². The van der Waals surface area contributed by atoms with E-state index in [0.29, 0.717) is 13.2 Å². The fraction of sp³-hybridized carbons (Fsp3) is 0.600. The Balaban J connectivity index is 1.45. The number of benzene rings is 2. The summed E-state index contributed by atoms with van der Waals surface area (Å²) >= 11 is 0. The van der Waals surface area contributed by atoms with E-state index in [1.54, 1.807) is 0 Å². The van der Waals surface area contributed by atoms with Crippen LogP contribution in [0.3, 0.4) is 0 Å². The molecule has 1 atom stereocenters. The van der Waals surface area contributed by atoms with Crippen molar-refractivity contribution in [1.82, 2.24) is 0 Å². The van der Waals surface area contributed by atoms with Crippen molar-refractivity contribution in [1.29, 1.82) is 0 Å². The van der Waals surface area contributed by atoms with Crippen LogP contribution in [0.2, 0.25) is 0 Å². The monoisotopic (exact) mass is 466 g/mol. The van der Waals surface area contributed by atoms with Gasteiger partial charge in [0.1, 0.15) is 12.4 Å². The zero-order chi connectivity index (χ0) is 22.9. The van der Waals surface area contributed by atoms with Crippen molar-refractivity contribution in [3.8, 4) is 5.75 Å². The van der Waals surface area contributed by atoms with Crippen molar-refractivity contribution in [3.05, 3.63) is 42.5 Å². The zero-order valence-corrected chi connectivity index (χ0v) is 20.3. The number of unbranched alkanes of at least 4 members (excludes halogenated alkanes) is 8. The number of phosphoric acid groups is 1.